The zero-order chi connectivity index (χ0) is 6.69. The van der Waals surface area contributed by atoms with Crippen molar-refractivity contribution in [2.75, 3.05) is 0 Å². The molecule has 0 aromatic heterocycles. The Labute approximate surface area is 57.3 Å². The average Bonchev–Trinajstić information content (AvgIpc) is 2.65. The monoisotopic (exact) mass is 122 g/mol. The van der Waals surface area contributed by atoms with Crippen molar-refractivity contribution < 1.29 is 0 Å². The second-order valence-corrected chi connectivity index (χ2v) is 2.81. The van der Waals surface area contributed by atoms with Crippen LogP contribution in [0.15, 0.2) is 24.3 Å². The van der Waals surface area contributed by atoms with Gasteiger partial charge in [0.15, 0.2) is 0 Å². The van der Waals surface area contributed by atoms with E-state index in [4.69, 9.17) is 0 Å². The quantitative estimate of drug-likeness (QED) is 0.505. The molecule has 1 aliphatic rings. The lowest BCUT2D eigenvalue weighted by Gasteiger charge is -1.96. The van der Waals surface area contributed by atoms with Crippen LogP contribution in [0.2, 0.25) is 0 Å². The third-order valence-corrected chi connectivity index (χ3v) is 1.72. The molecule has 50 valence electrons. The van der Waals surface area contributed by atoms with Crippen LogP contribution in [-0.2, 0) is 0 Å². The average molecular weight is 122 g/mol. The van der Waals surface area contributed by atoms with E-state index in [0.29, 0.717) is 5.92 Å². The molecular weight excluding hydrogens is 108 g/mol. The van der Waals surface area contributed by atoms with Gasteiger partial charge in [-0.2, -0.15) is 0 Å². The predicted octanol–water partition coefficient (Wildman–Crippen LogP) is 2.92. The summed E-state index contributed by atoms with van der Waals surface area (Å²) in [6.45, 7) is 5.93. The van der Waals surface area contributed by atoms with E-state index in [0.717, 1.165) is 0 Å². The SMILES string of the molecule is C=CC(C)CC=C1CC1. The molecule has 0 nitrogen and oxygen atoms in total. The third kappa shape index (κ3) is 2.50. The van der Waals surface area contributed by atoms with Gasteiger partial charge in [0, 0.05) is 0 Å². The first-order chi connectivity index (χ1) is 4.33. The summed E-state index contributed by atoms with van der Waals surface area (Å²) >= 11 is 0. The van der Waals surface area contributed by atoms with Crippen LogP contribution in [0.3, 0.4) is 0 Å². The summed E-state index contributed by atoms with van der Waals surface area (Å²) in [6, 6.07) is 0. The summed E-state index contributed by atoms with van der Waals surface area (Å²) in [5.41, 5.74) is 1.64. The van der Waals surface area contributed by atoms with Crippen molar-refractivity contribution in [1.29, 1.82) is 0 Å². The molecule has 1 atom stereocenters. The Morgan fingerprint density at radius 2 is 2.33 bits per heavy atom. The van der Waals surface area contributed by atoms with Crippen LogP contribution < -0.4 is 0 Å². The highest BCUT2D eigenvalue weighted by Crippen LogP contribution is 2.28. The Bertz CT molecular complexity index is 125. The summed E-state index contributed by atoms with van der Waals surface area (Å²) in [7, 11) is 0. The number of rotatable bonds is 3. The molecule has 1 saturated carbocycles. The minimum absolute atomic E-state index is 0.665. The van der Waals surface area contributed by atoms with E-state index in [1.54, 1.807) is 5.57 Å². The van der Waals surface area contributed by atoms with E-state index in [9.17, 15) is 0 Å². The minimum Gasteiger partial charge on any atom is -0.103 e. The molecule has 9 heavy (non-hydrogen) atoms. The summed E-state index contributed by atoms with van der Waals surface area (Å²) < 4.78 is 0. The van der Waals surface area contributed by atoms with Crippen molar-refractivity contribution in [1.82, 2.24) is 0 Å². The molecule has 0 radical (unpaired) electrons. The molecule has 0 heteroatoms. The van der Waals surface area contributed by atoms with E-state index in [1.807, 2.05) is 6.08 Å². The minimum atomic E-state index is 0.665. The Morgan fingerprint density at radius 1 is 1.67 bits per heavy atom. The first kappa shape index (κ1) is 6.60. The maximum atomic E-state index is 3.73. The lowest BCUT2D eigenvalue weighted by Crippen LogP contribution is -1.83. The van der Waals surface area contributed by atoms with Crippen LogP contribution >= 0.6 is 0 Å². The van der Waals surface area contributed by atoms with Crippen LogP contribution in [0.5, 0.6) is 0 Å². The van der Waals surface area contributed by atoms with Crippen molar-refractivity contribution in [3.63, 3.8) is 0 Å². The zero-order valence-electron chi connectivity index (χ0n) is 6.06. The maximum Gasteiger partial charge on any atom is -0.0230 e. The Morgan fingerprint density at radius 3 is 2.78 bits per heavy atom. The van der Waals surface area contributed by atoms with Crippen LogP contribution in [-0.4, -0.2) is 0 Å². The second-order valence-electron chi connectivity index (χ2n) is 2.81. The lowest BCUT2D eigenvalue weighted by atomic mass is 10.1. The number of hydrogen-bond acceptors (Lipinski definition) is 0. The Hall–Kier alpha value is -0.520. The highest BCUT2D eigenvalue weighted by atomic mass is 14.1. The molecule has 0 N–H and O–H groups in total. The Balaban J connectivity index is 2.16. The molecule has 0 amide bonds. The largest absolute Gasteiger partial charge is 0.103 e. The van der Waals surface area contributed by atoms with E-state index in [-0.39, 0.29) is 0 Å². The maximum absolute atomic E-state index is 3.73. The van der Waals surface area contributed by atoms with Gasteiger partial charge in [-0.25, -0.2) is 0 Å². The van der Waals surface area contributed by atoms with Crippen molar-refractivity contribution in [3.8, 4) is 0 Å². The molecular formula is C9H14. The van der Waals surface area contributed by atoms with Crippen molar-refractivity contribution in [2.24, 2.45) is 5.92 Å². The molecule has 1 unspecified atom stereocenters. The second kappa shape index (κ2) is 2.86. The lowest BCUT2D eigenvalue weighted by molar-refractivity contribution is 0.745. The molecule has 1 fully saturated rings. The van der Waals surface area contributed by atoms with Gasteiger partial charge in [0.2, 0.25) is 0 Å². The molecule has 0 saturated heterocycles. The smallest absolute Gasteiger partial charge is 0.0230 e. The normalized spacial score (nSPS) is 19.0. The molecule has 0 heterocycles. The van der Waals surface area contributed by atoms with Gasteiger partial charge >= 0.3 is 0 Å². The molecule has 1 rings (SSSR count). The molecule has 0 bridgehead atoms. The highest BCUT2D eigenvalue weighted by molar-refractivity contribution is 5.16. The van der Waals surface area contributed by atoms with Gasteiger partial charge in [0.25, 0.3) is 0 Å². The van der Waals surface area contributed by atoms with Gasteiger partial charge in [-0.3, -0.25) is 0 Å². The zero-order valence-corrected chi connectivity index (χ0v) is 6.06. The fraction of sp³-hybridized carbons (Fsp3) is 0.556. The van der Waals surface area contributed by atoms with Crippen molar-refractivity contribution in [2.45, 2.75) is 26.2 Å². The van der Waals surface area contributed by atoms with E-state index in [2.05, 4.69) is 19.6 Å². The van der Waals surface area contributed by atoms with Gasteiger partial charge in [0.1, 0.15) is 0 Å². The van der Waals surface area contributed by atoms with Crippen molar-refractivity contribution in [3.05, 3.63) is 24.3 Å². The van der Waals surface area contributed by atoms with Crippen molar-refractivity contribution >= 4 is 0 Å². The first-order valence-corrected chi connectivity index (χ1v) is 3.63. The predicted molar refractivity (Wildman–Crippen MR) is 41.3 cm³/mol. The van der Waals surface area contributed by atoms with Gasteiger partial charge in [-0.05, 0) is 25.2 Å². The molecule has 0 spiro atoms. The van der Waals surface area contributed by atoms with Gasteiger partial charge < -0.3 is 0 Å². The third-order valence-electron chi connectivity index (χ3n) is 1.72. The fourth-order valence-corrected chi connectivity index (χ4v) is 0.725. The number of allylic oxidation sites excluding steroid dienone is 3. The number of hydrogen-bond donors (Lipinski definition) is 0. The summed E-state index contributed by atoms with van der Waals surface area (Å²) in [6.07, 6.45) is 8.26. The fourth-order valence-electron chi connectivity index (χ4n) is 0.725. The molecule has 0 aliphatic heterocycles. The molecule has 0 aromatic rings. The van der Waals surface area contributed by atoms with E-state index in [1.165, 1.54) is 19.3 Å². The van der Waals surface area contributed by atoms with Crippen LogP contribution in [0, 0.1) is 5.92 Å². The van der Waals surface area contributed by atoms with Gasteiger partial charge in [-0.1, -0.05) is 24.6 Å². The topological polar surface area (TPSA) is 0 Å². The van der Waals surface area contributed by atoms with Gasteiger partial charge in [-0.15, -0.1) is 6.58 Å². The summed E-state index contributed by atoms with van der Waals surface area (Å²) in [5, 5.41) is 0. The highest BCUT2D eigenvalue weighted by Gasteiger charge is 2.09. The standard InChI is InChI=1S/C9H14/c1-3-8(2)4-5-9-6-7-9/h3,5,8H,1,4,6-7H2,2H3. The molecule has 1 aliphatic carbocycles. The van der Waals surface area contributed by atoms with Crippen LogP contribution in [0.25, 0.3) is 0 Å². The van der Waals surface area contributed by atoms with E-state index < -0.39 is 0 Å². The summed E-state index contributed by atoms with van der Waals surface area (Å²) in [4.78, 5) is 0. The molecule has 0 aromatic carbocycles. The first-order valence-electron chi connectivity index (χ1n) is 3.63. The van der Waals surface area contributed by atoms with E-state index >= 15 is 0 Å². The van der Waals surface area contributed by atoms with Gasteiger partial charge in [0.05, 0.1) is 0 Å². The Kier molecular flexibility index (Phi) is 2.10. The summed E-state index contributed by atoms with van der Waals surface area (Å²) in [5.74, 6) is 0.665. The van der Waals surface area contributed by atoms with Crippen LogP contribution in [0.1, 0.15) is 26.2 Å². The van der Waals surface area contributed by atoms with Crippen LogP contribution in [0.4, 0.5) is 0 Å².